The van der Waals surface area contributed by atoms with Crippen molar-refractivity contribution in [1.29, 1.82) is 0 Å². The number of piperidine rings is 1. The van der Waals surface area contributed by atoms with Gasteiger partial charge in [-0.15, -0.1) is 0 Å². The lowest BCUT2D eigenvalue weighted by Crippen LogP contribution is -2.55. The number of carbonyl (C=O) groups excluding carboxylic acids is 1. The van der Waals surface area contributed by atoms with Crippen molar-refractivity contribution in [3.63, 3.8) is 0 Å². The summed E-state index contributed by atoms with van der Waals surface area (Å²) < 4.78 is 110. The van der Waals surface area contributed by atoms with Gasteiger partial charge in [-0.2, -0.15) is 8.61 Å². The van der Waals surface area contributed by atoms with Gasteiger partial charge >= 0.3 is 0 Å². The van der Waals surface area contributed by atoms with Crippen molar-refractivity contribution in [2.75, 3.05) is 291 Å². The van der Waals surface area contributed by atoms with E-state index in [9.17, 15) is 30.0 Å². The van der Waals surface area contributed by atoms with E-state index in [-0.39, 0.29) is 30.2 Å². The molecule has 9 heterocycles. The number of ether oxygens (including phenoxy) is 6. The first-order valence-corrected chi connectivity index (χ1v) is 51.6. The summed E-state index contributed by atoms with van der Waals surface area (Å²) in [6, 6.07) is 48.9. The number of rotatable bonds is 30. The summed E-state index contributed by atoms with van der Waals surface area (Å²) in [6.45, 7) is 47.3. The zero-order valence-corrected chi connectivity index (χ0v) is 79.8. The maximum absolute atomic E-state index is 11.6. The second-order valence-electron chi connectivity index (χ2n) is 33.7. The number of nitrogens with one attached hydrogen (secondary N) is 7. The minimum atomic E-state index is -3.21. The van der Waals surface area contributed by atoms with Crippen LogP contribution < -0.4 is 94.4 Å². The van der Waals surface area contributed by atoms with E-state index in [2.05, 4.69) is 170 Å². The molecule has 0 saturated carbocycles. The first kappa shape index (κ1) is 101. The van der Waals surface area contributed by atoms with Crippen LogP contribution in [0, 0.1) is 0 Å². The highest BCUT2D eigenvalue weighted by atomic mass is 32.2. The third-order valence-electron chi connectivity index (χ3n) is 24.0. The Balaban J connectivity index is 0.000000159. The number of nitrogens with zero attached hydrogens (tertiary/aromatic N) is 11. The largest absolute Gasteiger partial charge is 0.490 e. The molecule has 5 atom stereocenters. The Kier molecular flexibility index (Phi) is 41.3. The van der Waals surface area contributed by atoms with Gasteiger partial charge in [0.15, 0.2) is 0 Å². The molecule has 2 unspecified atom stereocenters. The van der Waals surface area contributed by atoms with Crippen LogP contribution in [0.25, 0.3) is 0 Å². The van der Waals surface area contributed by atoms with Gasteiger partial charge in [-0.1, -0.05) is 93.6 Å². The zero-order chi connectivity index (χ0) is 90.6. The number of piperazine rings is 6. The maximum atomic E-state index is 11.6. The van der Waals surface area contributed by atoms with E-state index in [1.165, 1.54) is 38.2 Å². The van der Waals surface area contributed by atoms with Crippen molar-refractivity contribution < 1.29 is 58.5 Å². The second kappa shape index (κ2) is 52.0. The van der Waals surface area contributed by atoms with Crippen LogP contribution in [0.3, 0.4) is 0 Å². The first-order chi connectivity index (χ1) is 61.2. The van der Waals surface area contributed by atoms with Gasteiger partial charge in [-0.05, 0) is 132 Å². The molecule has 0 radical (unpaired) electrons. The molecule has 9 fully saturated rings. The molecule has 34 heteroatoms. The normalized spacial score (nSPS) is 19.9. The van der Waals surface area contributed by atoms with Crippen LogP contribution >= 0.6 is 0 Å². The average Bonchev–Trinajstić information content (AvgIpc) is 1.52. The minimum Gasteiger partial charge on any atom is -0.490 e. The van der Waals surface area contributed by atoms with E-state index < -0.39 is 30.1 Å². The molecule has 9 aliphatic rings. The summed E-state index contributed by atoms with van der Waals surface area (Å²) in [5, 5.41) is 20.2. The predicted octanol–water partition coefficient (Wildman–Crippen LogP) is 6.55. The van der Waals surface area contributed by atoms with Gasteiger partial charge < -0.3 is 94.6 Å². The summed E-state index contributed by atoms with van der Waals surface area (Å²) in [6.07, 6.45) is 7.15. The molecule has 31 nitrogen and oxygen atoms in total. The van der Waals surface area contributed by atoms with E-state index in [1.54, 1.807) is 20.9 Å². The number of anilines is 6. The SMILES string of the molecule is CC(=O)N1CCCC(Oc2ccccc2N2CCNCC2)C1.CCN(CC)[C@H](C)COc1ccccc1N1CCNCC1.CCN1CCC(Oc2ccccc2N2CCNCC2)C1.CS(=O)(=O)N1CC(Oc2ccccc2N2CCNCC2)C1.C[C@H](COc1ccccc1N1CCNCC1)N(C)S(C)(=O)=O.C[C@H](COc1ccccc1N1CCNCC1)NS(C)(=O)=O. The van der Waals surface area contributed by atoms with Gasteiger partial charge in [0, 0.05) is 197 Å². The van der Waals surface area contributed by atoms with Gasteiger partial charge in [0.1, 0.15) is 72.6 Å². The number of sulfonamides is 3. The molecule has 0 bridgehead atoms. The Bertz CT molecular complexity index is 4570. The highest BCUT2D eigenvalue weighted by Gasteiger charge is 2.36. The lowest BCUT2D eigenvalue weighted by atomic mass is 10.1. The van der Waals surface area contributed by atoms with E-state index >= 15 is 0 Å². The highest BCUT2D eigenvalue weighted by Crippen LogP contribution is 2.36. The molecule has 1 amide bonds. The van der Waals surface area contributed by atoms with Crippen LogP contribution in [0.4, 0.5) is 34.1 Å². The number of hydrogen-bond donors (Lipinski definition) is 7. The fraction of sp³-hybridized carbons (Fsp3) is 0.602. The van der Waals surface area contributed by atoms with Crippen molar-refractivity contribution in [3.8, 4) is 34.5 Å². The lowest BCUT2D eigenvalue weighted by Gasteiger charge is -2.38. The quantitative estimate of drug-likeness (QED) is 0.0252. The fourth-order valence-corrected chi connectivity index (χ4v) is 19.0. The Morgan fingerprint density at radius 3 is 1.02 bits per heavy atom. The number of para-hydroxylation sites is 12. The van der Waals surface area contributed by atoms with E-state index in [0.29, 0.717) is 45.0 Å². The van der Waals surface area contributed by atoms with Crippen molar-refractivity contribution in [2.45, 2.75) is 104 Å². The first-order valence-electron chi connectivity index (χ1n) is 46.0. The molecule has 9 aliphatic heterocycles. The molecule has 6 aromatic rings. The van der Waals surface area contributed by atoms with Crippen LogP contribution in [0.2, 0.25) is 0 Å². The summed E-state index contributed by atoms with van der Waals surface area (Å²) in [5.74, 6) is 5.59. The van der Waals surface area contributed by atoms with E-state index in [1.807, 2.05) is 90.7 Å². The Morgan fingerprint density at radius 2 is 0.709 bits per heavy atom. The van der Waals surface area contributed by atoms with Crippen molar-refractivity contribution in [1.82, 2.24) is 59.9 Å². The van der Waals surface area contributed by atoms with Gasteiger partial charge in [0.05, 0.1) is 84.6 Å². The molecule has 706 valence electrons. The Morgan fingerprint density at radius 1 is 0.402 bits per heavy atom. The monoisotopic (exact) mass is 1820 g/mol. The van der Waals surface area contributed by atoms with E-state index in [0.717, 1.165) is 280 Å². The number of amides is 1. The summed E-state index contributed by atoms with van der Waals surface area (Å²) >= 11 is 0. The summed E-state index contributed by atoms with van der Waals surface area (Å²) in [5.41, 5.74) is 6.87. The van der Waals surface area contributed by atoms with Crippen molar-refractivity contribution in [3.05, 3.63) is 146 Å². The molecule has 6 aromatic carbocycles. The topological polar surface area (TPSA) is 295 Å². The molecule has 7 N–H and O–H groups in total. The number of hydrogen-bond acceptors (Lipinski definition) is 27. The molecule has 0 aromatic heterocycles. The Hall–Kier alpha value is -8.20. The van der Waals surface area contributed by atoms with Gasteiger partial charge in [-0.25, -0.2) is 30.0 Å². The van der Waals surface area contributed by atoms with Gasteiger partial charge in [0.25, 0.3) is 0 Å². The Labute approximate surface area is 759 Å². The van der Waals surface area contributed by atoms with E-state index in [4.69, 9.17) is 28.4 Å². The standard InChI is InChI=1S/C17H25N3O2.C17H29N3O.C16H25N3O.C15H25N3O3S.C14H21N3O3S.C14H23N3O3S/c1-14(21)20-10-4-5-15(13-20)22-17-7-3-2-6-16(17)19-11-8-18-9-12-19;1-4-19(5-2)15(3)14-21-17-9-7-6-8-16(17)20-12-10-18-11-13-20;1-2-18-10-7-14(13-18)20-16-6-4-3-5-15(16)19-11-8-17-9-12-19;1-13(17(2)22(3,19)20)12-21-15-7-5-4-6-14(15)18-10-8-16-9-11-18;1-21(18,19)17-10-12(11-17)20-14-5-3-2-4-13(14)16-8-6-15-7-9-16;1-12(16-21(2,18)19)11-20-14-6-4-3-5-13(14)17-9-7-15-8-10-17/h2-3,6-7,15,18H,4-5,8-13H2,1H3;6-9,15,18H,4-5,10-14H2,1-3H3;3-6,14,17H,2,7-13H2,1H3;4-7,13,16H,8-12H2,1-3H3;2-5,12,15H,6-11H2,1H3;3-6,12,15-16H,7-11H2,1-2H3/t;15-;;13-;;12-/m.1.1.1/s1. The lowest BCUT2D eigenvalue weighted by molar-refractivity contribution is -0.131. The second-order valence-corrected chi connectivity index (χ2v) is 39.5. The zero-order valence-electron chi connectivity index (χ0n) is 77.3. The number of likely N-dealkylation sites (N-methyl/N-ethyl adjacent to an activating group) is 3. The molecule has 9 saturated heterocycles. The maximum Gasteiger partial charge on any atom is 0.219 e. The van der Waals surface area contributed by atoms with Crippen LogP contribution in [-0.4, -0.2) is 353 Å². The van der Waals surface area contributed by atoms with Crippen LogP contribution in [-0.2, 0) is 34.9 Å². The summed E-state index contributed by atoms with van der Waals surface area (Å²) in [4.78, 5) is 32.4. The minimum absolute atomic E-state index is 0.0520. The van der Waals surface area contributed by atoms with Crippen LogP contribution in [0.15, 0.2) is 146 Å². The molecule has 127 heavy (non-hydrogen) atoms. The highest BCUT2D eigenvalue weighted by molar-refractivity contribution is 7.89. The predicted molar refractivity (Wildman–Crippen MR) is 515 cm³/mol. The molecule has 15 rings (SSSR count). The summed E-state index contributed by atoms with van der Waals surface area (Å²) in [7, 11) is -7.92. The van der Waals surface area contributed by atoms with Crippen LogP contribution in [0.5, 0.6) is 34.5 Å². The molecule has 0 aliphatic carbocycles. The third kappa shape index (κ3) is 33.0. The number of likely N-dealkylation sites (tertiary alicyclic amines) is 2. The molecule has 0 spiro atoms. The van der Waals surface area contributed by atoms with Gasteiger partial charge in [0.2, 0.25) is 36.0 Å². The average molecular weight is 1820 g/mol. The van der Waals surface area contributed by atoms with Crippen molar-refractivity contribution in [2.24, 2.45) is 0 Å². The number of benzene rings is 6. The molecular formula is C93H148N18O13S3. The smallest absolute Gasteiger partial charge is 0.219 e. The van der Waals surface area contributed by atoms with Crippen molar-refractivity contribution >= 4 is 70.1 Å². The third-order valence-corrected chi connectivity index (χ3v) is 27.5. The number of carbonyl (C=O) groups is 1. The van der Waals surface area contributed by atoms with Gasteiger partial charge in [-0.3, -0.25) is 14.6 Å². The van der Waals surface area contributed by atoms with Crippen LogP contribution in [0.1, 0.15) is 67.7 Å². The fourth-order valence-electron chi connectivity index (χ4n) is 16.6. The molecular weight excluding hydrogens is 1670 g/mol.